The van der Waals surface area contributed by atoms with Gasteiger partial charge in [0.15, 0.2) is 0 Å². The van der Waals surface area contributed by atoms with Crippen molar-refractivity contribution in [2.45, 2.75) is 24.9 Å². The van der Waals surface area contributed by atoms with Gasteiger partial charge in [0, 0.05) is 10.6 Å². The van der Waals surface area contributed by atoms with Gasteiger partial charge in [-0.2, -0.15) is 18.3 Å². The number of aryl methyl sites for hydroxylation is 1. The molecule has 184 valence electrons. The number of benzene rings is 3. The first-order valence-electron chi connectivity index (χ1n) is 10.2. The first-order chi connectivity index (χ1) is 16.4. The normalized spacial score (nSPS) is 12.1. The molecule has 0 saturated heterocycles. The van der Waals surface area contributed by atoms with E-state index >= 15 is 0 Å². The summed E-state index contributed by atoms with van der Waals surface area (Å²) in [6.07, 6.45) is -3.75. The van der Waals surface area contributed by atoms with Crippen LogP contribution < -0.4 is 9.73 Å². The fraction of sp³-hybridized carbons (Fsp3) is 0.167. The van der Waals surface area contributed by atoms with Gasteiger partial charge in [-0.25, -0.2) is 13.8 Å². The van der Waals surface area contributed by atoms with E-state index in [1.807, 2.05) is 0 Å². The minimum absolute atomic E-state index is 0.0436. The van der Waals surface area contributed by atoms with Crippen molar-refractivity contribution in [3.05, 3.63) is 94.0 Å². The number of hydrogen-bond donors (Lipinski definition) is 1. The number of rotatable bonds is 7. The van der Waals surface area contributed by atoms with Crippen LogP contribution in [0.15, 0.2) is 76.7 Å². The molecule has 0 aromatic heterocycles. The molecule has 0 unspecified atom stereocenters. The van der Waals surface area contributed by atoms with Crippen molar-refractivity contribution in [2.75, 3.05) is 10.8 Å². The quantitative estimate of drug-likeness (QED) is 0.336. The molecule has 3 aromatic carbocycles. The van der Waals surface area contributed by atoms with Crippen molar-refractivity contribution in [3.8, 4) is 0 Å². The number of hydrazone groups is 1. The van der Waals surface area contributed by atoms with E-state index in [-0.39, 0.29) is 16.1 Å². The van der Waals surface area contributed by atoms with E-state index in [1.165, 1.54) is 36.4 Å². The molecule has 1 amide bonds. The first kappa shape index (κ1) is 26.2. The van der Waals surface area contributed by atoms with Crippen molar-refractivity contribution in [2.24, 2.45) is 5.10 Å². The second-order valence-electron chi connectivity index (χ2n) is 7.59. The molecule has 0 aliphatic heterocycles. The SMILES string of the molecule is Cc1ccc(S(=O)(=O)N(CC(=O)N/N=C\c2ccccc2C(F)(F)F)c2cccc(Cl)c2C)cc1. The highest BCUT2D eigenvalue weighted by atomic mass is 35.5. The topological polar surface area (TPSA) is 78.8 Å². The molecule has 35 heavy (non-hydrogen) atoms. The summed E-state index contributed by atoms with van der Waals surface area (Å²) < 4.78 is 67.2. The lowest BCUT2D eigenvalue weighted by atomic mass is 10.1. The second kappa shape index (κ2) is 10.5. The Labute approximate surface area is 206 Å². The summed E-state index contributed by atoms with van der Waals surface area (Å²) in [5.41, 5.74) is 2.38. The number of halogens is 4. The average Bonchev–Trinajstić information content (AvgIpc) is 2.79. The second-order valence-corrected chi connectivity index (χ2v) is 9.86. The zero-order valence-electron chi connectivity index (χ0n) is 18.7. The first-order valence-corrected chi connectivity index (χ1v) is 12.1. The summed E-state index contributed by atoms with van der Waals surface area (Å²) in [6, 6.07) is 15.4. The lowest BCUT2D eigenvalue weighted by molar-refractivity contribution is -0.137. The minimum Gasteiger partial charge on any atom is -0.271 e. The summed E-state index contributed by atoms with van der Waals surface area (Å²) in [5, 5.41) is 3.90. The number of hydrogen-bond acceptors (Lipinski definition) is 4. The summed E-state index contributed by atoms with van der Waals surface area (Å²) >= 11 is 6.18. The van der Waals surface area contributed by atoms with Gasteiger partial charge >= 0.3 is 6.18 Å². The van der Waals surface area contributed by atoms with Gasteiger partial charge < -0.3 is 0 Å². The summed E-state index contributed by atoms with van der Waals surface area (Å²) in [7, 11) is -4.20. The lowest BCUT2D eigenvalue weighted by Gasteiger charge is -2.25. The van der Waals surface area contributed by atoms with E-state index < -0.39 is 34.2 Å². The van der Waals surface area contributed by atoms with E-state index in [9.17, 15) is 26.4 Å². The molecular weight excluding hydrogens is 503 g/mol. The highest BCUT2D eigenvalue weighted by Crippen LogP contribution is 2.32. The zero-order chi connectivity index (χ0) is 25.8. The Bertz CT molecular complexity index is 1360. The van der Waals surface area contributed by atoms with Crippen LogP contribution in [0.3, 0.4) is 0 Å². The van der Waals surface area contributed by atoms with Crippen LogP contribution in [0, 0.1) is 13.8 Å². The predicted molar refractivity (Wildman–Crippen MR) is 129 cm³/mol. The van der Waals surface area contributed by atoms with Gasteiger partial charge in [0.05, 0.1) is 22.4 Å². The third-order valence-electron chi connectivity index (χ3n) is 5.06. The molecule has 0 radical (unpaired) electrons. The number of carbonyl (C=O) groups is 1. The predicted octanol–water partition coefficient (Wildman–Crippen LogP) is 5.32. The van der Waals surface area contributed by atoms with Crippen molar-refractivity contribution in [1.82, 2.24) is 5.43 Å². The molecule has 0 aliphatic carbocycles. The molecule has 0 saturated carbocycles. The Balaban J connectivity index is 1.90. The largest absolute Gasteiger partial charge is 0.417 e. The third kappa shape index (κ3) is 6.20. The van der Waals surface area contributed by atoms with Crippen LogP contribution in [0.25, 0.3) is 0 Å². The van der Waals surface area contributed by atoms with Crippen molar-refractivity contribution < 1.29 is 26.4 Å². The van der Waals surface area contributed by atoms with E-state index in [4.69, 9.17) is 11.6 Å². The Morgan fingerprint density at radius 1 is 1.03 bits per heavy atom. The molecule has 3 aromatic rings. The molecule has 0 spiro atoms. The average molecular weight is 524 g/mol. The fourth-order valence-electron chi connectivity index (χ4n) is 3.21. The Kier molecular flexibility index (Phi) is 7.86. The van der Waals surface area contributed by atoms with Gasteiger partial charge in [-0.3, -0.25) is 9.10 Å². The number of alkyl halides is 3. The standard InChI is InChI=1S/C24H21ClF3N3O3S/c1-16-10-12-19(13-11-16)35(33,34)31(22-9-5-8-21(25)17(22)2)15-23(32)30-29-14-18-6-3-4-7-20(18)24(26,27)28/h3-14H,15H2,1-2H3,(H,30,32)/b29-14-. The number of amides is 1. The molecule has 3 rings (SSSR count). The van der Waals surface area contributed by atoms with Crippen LogP contribution in [-0.4, -0.2) is 27.1 Å². The van der Waals surface area contributed by atoms with E-state index in [0.29, 0.717) is 10.6 Å². The Morgan fingerprint density at radius 2 is 1.69 bits per heavy atom. The van der Waals surface area contributed by atoms with Gasteiger partial charge in [0.25, 0.3) is 15.9 Å². The maximum atomic E-state index is 13.4. The Hall–Kier alpha value is -3.37. The molecule has 0 heterocycles. The molecule has 0 atom stereocenters. The zero-order valence-corrected chi connectivity index (χ0v) is 20.2. The van der Waals surface area contributed by atoms with Gasteiger partial charge in [-0.1, -0.05) is 53.6 Å². The summed E-state index contributed by atoms with van der Waals surface area (Å²) in [5.74, 6) is -0.860. The van der Waals surface area contributed by atoms with Crippen LogP contribution in [-0.2, 0) is 21.0 Å². The third-order valence-corrected chi connectivity index (χ3v) is 7.25. The van der Waals surface area contributed by atoms with Crippen molar-refractivity contribution in [1.29, 1.82) is 0 Å². The van der Waals surface area contributed by atoms with Gasteiger partial charge in [0.1, 0.15) is 6.54 Å². The maximum absolute atomic E-state index is 13.4. The fourth-order valence-corrected chi connectivity index (χ4v) is 4.86. The lowest BCUT2D eigenvalue weighted by Crippen LogP contribution is -2.40. The number of nitrogens with zero attached hydrogens (tertiary/aromatic N) is 2. The van der Waals surface area contributed by atoms with E-state index in [2.05, 4.69) is 10.5 Å². The highest BCUT2D eigenvalue weighted by Gasteiger charge is 2.32. The number of sulfonamides is 1. The van der Waals surface area contributed by atoms with Crippen LogP contribution in [0.5, 0.6) is 0 Å². The molecule has 6 nitrogen and oxygen atoms in total. The van der Waals surface area contributed by atoms with Crippen LogP contribution in [0.1, 0.15) is 22.3 Å². The van der Waals surface area contributed by atoms with Gasteiger partial charge in [0.2, 0.25) is 0 Å². The van der Waals surface area contributed by atoms with Gasteiger partial charge in [-0.05, 0) is 49.7 Å². The van der Waals surface area contributed by atoms with Gasteiger partial charge in [-0.15, -0.1) is 0 Å². The molecule has 0 aliphatic rings. The Morgan fingerprint density at radius 3 is 2.34 bits per heavy atom. The highest BCUT2D eigenvalue weighted by molar-refractivity contribution is 7.92. The van der Waals surface area contributed by atoms with Crippen molar-refractivity contribution in [3.63, 3.8) is 0 Å². The number of anilines is 1. The van der Waals surface area contributed by atoms with Crippen molar-refractivity contribution >= 4 is 39.4 Å². The number of nitrogens with one attached hydrogen (secondary N) is 1. The van der Waals surface area contributed by atoms with Crippen LogP contribution in [0.2, 0.25) is 5.02 Å². The van der Waals surface area contributed by atoms with E-state index in [0.717, 1.165) is 22.1 Å². The molecular formula is C24H21ClF3N3O3S. The molecule has 11 heteroatoms. The molecule has 0 fully saturated rings. The van der Waals surface area contributed by atoms with Crippen LogP contribution in [0.4, 0.5) is 18.9 Å². The summed E-state index contributed by atoms with van der Waals surface area (Å²) in [6.45, 7) is 2.73. The maximum Gasteiger partial charge on any atom is 0.417 e. The molecule has 0 bridgehead atoms. The van der Waals surface area contributed by atoms with Crippen LogP contribution >= 0.6 is 11.6 Å². The summed E-state index contributed by atoms with van der Waals surface area (Å²) in [4.78, 5) is 12.6. The minimum atomic E-state index is -4.60. The monoisotopic (exact) mass is 523 g/mol. The smallest absolute Gasteiger partial charge is 0.271 e. The number of carbonyl (C=O) groups excluding carboxylic acids is 1. The van der Waals surface area contributed by atoms with E-state index in [1.54, 1.807) is 38.1 Å². The molecule has 1 N–H and O–H groups in total.